The van der Waals surface area contributed by atoms with Crippen LogP contribution in [0.4, 0.5) is 0 Å². The fraction of sp³-hybridized carbons (Fsp3) is 0.0204. The van der Waals surface area contributed by atoms with E-state index in [9.17, 15) is 0 Å². The molecule has 0 aliphatic heterocycles. The second-order valence-corrected chi connectivity index (χ2v) is 13.9. The molecule has 0 aliphatic rings. The maximum atomic E-state index is 2.44. The van der Waals surface area contributed by atoms with Gasteiger partial charge in [-0.15, -0.1) is 0 Å². The molecule has 3 nitrogen and oxygen atoms in total. The van der Waals surface area contributed by atoms with Crippen LogP contribution in [0, 0.1) is 0 Å². The lowest BCUT2D eigenvalue weighted by atomic mass is 10.0. The Morgan fingerprint density at radius 2 is 0.673 bits per heavy atom. The van der Waals surface area contributed by atoms with Crippen LogP contribution in [0.1, 0.15) is 0 Å². The van der Waals surface area contributed by atoms with E-state index in [0.717, 1.165) is 11.4 Å². The van der Waals surface area contributed by atoms with Gasteiger partial charge in [-0.3, -0.25) is 0 Å². The topological polar surface area (TPSA) is 14.8 Å². The molecule has 11 aromatic rings. The number of hydrogen-bond donors (Lipinski definition) is 0. The Balaban J connectivity index is 1.15. The van der Waals surface area contributed by atoms with Gasteiger partial charge in [0.1, 0.15) is 0 Å². The summed E-state index contributed by atoms with van der Waals surface area (Å²) in [5.74, 6) is 0. The van der Waals surface area contributed by atoms with Crippen molar-refractivity contribution in [1.82, 2.24) is 13.7 Å². The fourth-order valence-electron chi connectivity index (χ4n) is 8.59. The van der Waals surface area contributed by atoms with Gasteiger partial charge in [0.05, 0.1) is 22.1 Å². The van der Waals surface area contributed by atoms with E-state index in [1.165, 1.54) is 87.7 Å². The van der Waals surface area contributed by atoms with Crippen LogP contribution in [0.2, 0.25) is 0 Å². The Hall–Kier alpha value is -6.84. The Morgan fingerprint density at radius 3 is 1.13 bits per heavy atom. The van der Waals surface area contributed by atoms with Crippen molar-refractivity contribution < 1.29 is 0 Å². The van der Waals surface area contributed by atoms with E-state index in [-0.39, 0.29) is 0 Å². The van der Waals surface area contributed by atoms with Crippen molar-refractivity contribution in [2.24, 2.45) is 7.05 Å². The highest BCUT2D eigenvalue weighted by Crippen LogP contribution is 2.39. The fourth-order valence-corrected chi connectivity index (χ4v) is 8.59. The summed E-state index contributed by atoms with van der Waals surface area (Å²) in [6.07, 6.45) is 0. The average molecular weight is 664 g/mol. The van der Waals surface area contributed by atoms with Crippen molar-refractivity contribution in [2.45, 2.75) is 0 Å². The molecule has 0 aliphatic carbocycles. The number of fused-ring (bicyclic) bond motifs is 9. The van der Waals surface area contributed by atoms with Gasteiger partial charge in [0.2, 0.25) is 0 Å². The van der Waals surface area contributed by atoms with Crippen LogP contribution in [0.15, 0.2) is 182 Å². The number of benzene rings is 8. The Bertz CT molecular complexity index is 2960. The average Bonchev–Trinajstić information content (AvgIpc) is 3.82. The monoisotopic (exact) mass is 663 g/mol. The number of para-hydroxylation sites is 2. The summed E-state index contributed by atoms with van der Waals surface area (Å²) in [4.78, 5) is 0. The van der Waals surface area contributed by atoms with Gasteiger partial charge in [-0.1, -0.05) is 121 Å². The highest BCUT2D eigenvalue weighted by molar-refractivity contribution is 6.14. The van der Waals surface area contributed by atoms with Crippen LogP contribution in [0.3, 0.4) is 0 Å². The second-order valence-electron chi connectivity index (χ2n) is 13.9. The molecule has 0 saturated carbocycles. The summed E-state index contributed by atoms with van der Waals surface area (Å²) < 4.78 is 7.21. The minimum Gasteiger partial charge on any atom is -0.344 e. The normalized spacial score (nSPS) is 11.9. The van der Waals surface area contributed by atoms with Gasteiger partial charge >= 0.3 is 0 Å². The third-order valence-electron chi connectivity index (χ3n) is 11.1. The van der Waals surface area contributed by atoms with Gasteiger partial charge in [-0.25, -0.2) is 0 Å². The summed E-state index contributed by atoms with van der Waals surface area (Å²) in [7, 11) is 2.18. The molecule has 3 heteroatoms. The summed E-state index contributed by atoms with van der Waals surface area (Å²) >= 11 is 0. The lowest BCUT2D eigenvalue weighted by molar-refractivity contribution is 1.01. The minimum atomic E-state index is 1.16. The quantitative estimate of drug-likeness (QED) is 0.178. The van der Waals surface area contributed by atoms with Crippen molar-refractivity contribution in [2.75, 3.05) is 0 Å². The number of hydrogen-bond acceptors (Lipinski definition) is 0. The van der Waals surface area contributed by atoms with Crippen molar-refractivity contribution in [3.05, 3.63) is 182 Å². The van der Waals surface area contributed by atoms with Gasteiger partial charge in [-0.05, 0) is 82.9 Å². The van der Waals surface area contributed by atoms with Gasteiger partial charge in [0.15, 0.2) is 0 Å². The molecule has 8 aromatic carbocycles. The summed E-state index contributed by atoms with van der Waals surface area (Å²) in [5.41, 5.74) is 14.5. The van der Waals surface area contributed by atoms with E-state index in [0.29, 0.717) is 0 Å². The van der Waals surface area contributed by atoms with E-state index >= 15 is 0 Å². The molecule has 0 spiro atoms. The third-order valence-corrected chi connectivity index (χ3v) is 11.1. The predicted molar refractivity (Wildman–Crippen MR) is 220 cm³/mol. The van der Waals surface area contributed by atoms with E-state index in [2.05, 4.69) is 203 Å². The summed E-state index contributed by atoms with van der Waals surface area (Å²) in [5, 5.41) is 7.53. The van der Waals surface area contributed by atoms with Crippen molar-refractivity contribution in [1.29, 1.82) is 0 Å². The van der Waals surface area contributed by atoms with Crippen LogP contribution in [0.25, 0.3) is 99.0 Å². The zero-order chi connectivity index (χ0) is 34.3. The Kier molecular flexibility index (Phi) is 6.17. The maximum Gasteiger partial charge on any atom is 0.0547 e. The van der Waals surface area contributed by atoms with Gasteiger partial charge in [0.25, 0.3) is 0 Å². The van der Waals surface area contributed by atoms with Crippen molar-refractivity contribution in [3.8, 4) is 33.6 Å². The number of rotatable bonds is 4. The number of aryl methyl sites for hydroxylation is 1. The van der Waals surface area contributed by atoms with E-state index in [1.807, 2.05) is 0 Å². The van der Waals surface area contributed by atoms with Crippen LogP contribution in [0.5, 0.6) is 0 Å². The maximum absolute atomic E-state index is 2.44. The molecule has 3 heterocycles. The smallest absolute Gasteiger partial charge is 0.0547 e. The lowest BCUT2D eigenvalue weighted by Crippen LogP contribution is -1.94. The minimum absolute atomic E-state index is 1.16. The first-order chi connectivity index (χ1) is 25.7. The molecule has 0 atom stereocenters. The van der Waals surface area contributed by atoms with E-state index in [4.69, 9.17) is 0 Å². The van der Waals surface area contributed by atoms with Gasteiger partial charge in [-0.2, -0.15) is 0 Å². The highest BCUT2D eigenvalue weighted by Gasteiger charge is 2.18. The molecule has 0 unspecified atom stereocenters. The molecule has 11 rings (SSSR count). The van der Waals surface area contributed by atoms with Crippen molar-refractivity contribution >= 4 is 65.4 Å². The molecule has 3 aromatic heterocycles. The zero-order valence-corrected chi connectivity index (χ0v) is 28.7. The predicted octanol–water partition coefficient (Wildman–Crippen LogP) is 12.9. The third kappa shape index (κ3) is 4.20. The first-order valence-corrected chi connectivity index (χ1v) is 17.9. The molecule has 0 fully saturated rings. The standard InChI is InChI=1S/C49H33N3/c1-50-44-26-22-36(51-46-18-10-8-16-38(46)40-24-20-34(28-48(40)51)32-12-4-2-5-13-32)30-42(44)43-31-37(23-27-45(43)50)52-47-19-11-9-17-39(47)41-25-21-35(29-49(41)52)33-14-6-3-7-15-33/h2-31H,1H3. The van der Waals surface area contributed by atoms with Crippen LogP contribution in [-0.4, -0.2) is 13.7 Å². The van der Waals surface area contributed by atoms with E-state index < -0.39 is 0 Å². The van der Waals surface area contributed by atoms with Gasteiger partial charge < -0.3 is 13.7 Å². The van der Waals surface area contributed by atoms with Crippen LogP contribution in [-0.2, 0) is 7.05 Å². The Labute approximate surface area is 300 Å². The molecular formula is C49H33N3. The first kappa shape index (κ1) is 28.9. The molecular weight excluding hydrogens is 631 g/mol. The largest absolute Gasteiger partial charge is 0.344 e. The molecule has 0 N–H and O–H groups in total. The van der Waals surface area contributed by atoms with Crippen LogP contribution < -0.4 is 0 Å². The number of aromatic nitrogens is 3. The first-order valence-electron chi connectivity index (χ1n) is 17.9. The number of nitrogens with zero attached hydrogens (tertiary/aromatic N) is 3. The molecule has 0 saturated heterocycles. The molecule has 244 valence electrons. The van der Waals surface area contributed by atoms with E-state index in [1.54, 1.807) is 0 Å². The van der Waals surface area contributed by atoms with Crippen molar-refractivity contribution in [3.63, 3.8) is 0 Å². The molecule has 0 bridgehead atoms. The van der Waals surface area contributed by atoms with Gasteiger partial charge in [0, 0.05) is 61.8 Å². The second kappa shape index (κ2) is 11.1. The lowest BCUT2D eigenvalue weighted by Gasteiger charge is -2.11. The van der Waals surface area contributed by atoms with Crippen LogP contribution >= 0.6 is 0 Å². The highest BCUT2D eigenvalue weighted by atomic mass is 15.0. The molecule has 52 heavy (non-hydrogen) atoms. The zero-order valence-electron chi connectivity index (χ0n) is 28.7. The SMILES string of the molecule is Cn1c2ccc(-n3c4ccccc4c4ccc(-c5ccccc5)cc43)cc2c2cc(-n3c4ccccc4c4ccc(-c5ccccc5)cc43)ccc21. The molecule has 0 radical (unpaired) electrons. The summed E-state index contributed by atoms with van der Waals surface area (Å²) in [6, 6.07) is 66.6. The molecule has 0 amide bonds. The summed E-state index contributed by atoms with van der Waals surface area (Å²) in [6.45, 7) is 0. The Morgan fingerprint density at radius 1 is 0.269 bits per heavy atom.